The van der Waals surface area contributed by atoms with E-state index in [1.165, 1.54) is 12.8 Å². The Bertz CT molecular complexity index is 390. The molecule has 0 N–H and O–H groups in total. The smallest absolute Gasteiger partial charge is 0.158 e. The molecule has 1 saturated heterocycles. The maximum atomic E-state index is 8.67. The van der Waals surface area contributed by atoms with Crippen LogP contribution >= 0.6 is 0 Å². The van der Waals surface area contributed by atoms with Crippen LogP contribution in [0.5, 0.6) is 0 Å². The molecule has 0 aromatic carbocycles. The van der Waals surface area contributed by atoms with Crippen LogP contribution in [0.25, 0.3) is 0 Å². The molecule has 1 aliphatic rings. The van der Waals surface area contributed by atoms with Gasteiger partial charge in [0.2, 0.25) is 0 Å². The second-order valence-corrected chi connectivity index (χ2v) is 4.52. The Morgan fingerprint density at radius 1 is 1.44 bits per heavy atom. The molecular formula is C12H16N4. The molecule has 1 atom stereocenters. The molecule has 0 spiro atoms. The molecular weight excluding hydrogens is 200 g/mol. The van der Waals surface area contributed by atoms with Crippen molar-refractivity contribution >= 4 is 5.82 Å². The zero-order valence-corrected chi connectivity index (χ0v) is 9.72. The van der Waals surface area contributed by atoms with E-state index < -0.39 is 0 Å². The molecule has 2 heterocycles. The molecule has 16 heavy (non-hydrogen) atoms. The summed E-state index contributed by atoms with van der Waals surface area (Å²) in [5.74, 6) is 1.52. The minimum Gasteiger partial charge on any atom is -0.352 e. The van der Waals surface area contributed by atoms with Gasteiger partial charge in [0.05, 0.1) is 12.4 Å². The number of nitrogens with zero attached hydrogens (tertiary/aromatic N) is 4. The number of rotatable bonds is 2. The molecule has 2 rings (SSSR count). The molecule has 1 aliphatic heterocycles. The van der Waals surface area contributed by atoms with E-state index in [4.69, 9.17) is 5.26 Å². The third-order valence-corrected chi connectivity index (χ3v) is 3.12. The molecule has 1 unspecified atom stereocenters. The van der Waals surface area contributed by atoms with Gasteiger partial charge in [0.15, 0.2) is 5.69 Å². The maximum absolute atomic E-state index is 8.67. The van der Waals surface area contributed by atoms with Crippen LogP contribution < -0.4 is 4.90 Å². The van der Waals surface area contributed by atoms with Crippen LogP contribution in [0.4, 0.5) is 5.82 Å². The van der Waals surface area contributed by atoms with Crippen molar-refractivity contribution in [1.82, 2.24) is 9.97 Å². The lowest BCUT2D eigenvalue weighted by atomic mass is 10.0. The predicted octanol–water partition coefficient (Wildman–Crippen LogP) is 1.97. The Balaban J connectivity index is 2.20. The zero-order chi connectivity index (χ0) is 11.5. The van der Waals surface area contributed by atoms with Crippen molar-refractivity contribution in [2.45, 2.75) is 32.7 Å². The summed E-state index contributed by atoms with van der Waals surface area (Å²) in [5, 5.41) is 8.67. The van der Waals surface area contributed by atoms with Gasteiger partial charge in [0.1, 0.15) is 11.9 Å². The Morgan fingerprint density at radius 2 is 2.25 bits per heavy atom. The molecule has 4 heteroatoms. The Morgan fingerprint density at radius 3 is 2.81 bits per heavy atom. The van der Waals surface area contributed by atoms with Crippen LogP contribution in [0.2, 0.25) is 0 Å². The second kappa shape index (κ2) is 4.48. The highest BCUT2D eigenvalue weighted by Crippen LogP contribution is 2.27. The highest BCUT2D eigenvalue weighted by Gasteiger charge is 2.28. The average molecular weight is 216 g/mol. The fraction of sp³-hybridized carbons (Fsp3) is 0.583. The number of anilines is 1. The molecule has 0 aliphatic carbocycles. The average Bonchev–Trinajstić information content (AvgIpc) is 2.78. The Kier molecular flexibility index (Phi) is 3.04. The van der Waals surface area contributed by atoms with E-state index >= 15 is 0 Å². The quantitative estimate of drug-likeness (QED) is 0.758. The van der Waals surface area contributed by atoms with Gasteiger partial charge in [0.25, 0.3) is 0 Å². The summed E-state index contributed by atoms with van der Waals surface area (Å²) in [6.45, 7) is 5.52. The van der Waals surface area contributed by atoms with Crippen molar-refractivity contribution in [3.8, 4) is 6.07 Å². The van der Waals surface area contributed by atoms with E-state index in [1.54, 1.807) is 12.4 Å². The summed E-state index contributed by atoms with van der Waals surface area (Å²) < 4.78 is 0. The fourth-order valence-corrected chi connectivity index (χ4v) is 2.30. The van der Waals surface area contributed by atoms with Crippen LogP contribution in [0.1, 0.15) is 32.4 Å². The molecule has 0 saturated carbocycles. The van der Waals surface area contributed by atoms with Gasteiger partial charge in [-0.15, -0.1) is 0 Å². The normalized spacial score (nSPS) is 20.1. The SMILES string of the molecule is CC(C)C1CCCN1c1cnc(C#N)cn1. The van der Waals surface area contributed by atoms with Crippen molar-refractivity contribution in [3.63, 3.8) is 0 Å². The maximum Gasteiger partial charge on any atom is 0.158 e. The van der Waals surface area contributed by atoms with Gasteiger partial charge in [-0.3, -0.25) is 0 Å². The summed E-state index contributed by atoms with van der Waals surface area (Å²) in [7, 11) is 0. The lowest BCUT2D eigenvalue weighted by molar-refractivity contribution is 0.489. The Labute approximate surface area is 95.9 Å². The first-order valence-electron chi connectivity index (χ1n) is 5.71. The van der Waals surface area contributed by atoms with Crippen molar-refractivity contribution in [3.05, 3.63) is 18.1 Å². The van der Waals surface area contributed by atoms with E-state index in [1.807, 2.05) is 6.07 Å². The van der Waals surface area contributed by atoms with Crippen molar-refractivity contribution < 1.29 is 0 Å². The van der Waals surface area contributed by atoms with Gasteiger partial charge in [-0.25, -0.2) is 9.97 Å². The third kappa shape index (κ3) is 1.99. The van der Waals surface area contributed by atoms with Crippen molar-refractivity contribution in [2.24, 2.45) is 5.92 Å². The predicted molar refractivity (Wildman–Crippen MR) is 62.0 cm³/mol. The van der Waals surface area contributed by atoms with Gasteiger partial charge in [-0.05, 0) is 18.8 Å². The summed E-state index contributed by atoms with van der Waals surface area (Å²) in [6, 6.07) is 2.54. The number of nitriles is 1. The highest BCUT2D eigenvalue weighted by molar-refractivity contribution is 5.40. The first kappa shape index (κ1) is 10.9. The van der Waals surface area contributed by atoms with Gasteiger partial charge < -0.3 is 4.90 Å². The zero-order valence-electron chi connectivity index (χ0n) is 9.72. The molecule has 1 aromatic heterocycles. The summed E-state index contributed by atoms with van der Waals surface area (Å²) >= 11 is 0. The number of aromatic nitrogens is 2. The van der Waals surface area contributed by atoms with E-state index in [9.17, 15) is 0 Å². The van der Waals surface area contributed by atoms with Crippen LogP contribution in [0, 0.1) is 17.2 Å². The molecule has 0 radical (unpaired) electrons. The lowest BCUT2D eigenvalue weighted by Gasteiger charge is -2.28. The van der Waals surface area contributed by atoms with Crippen LogP contribution in [-0.4, -0.2) is 22.6 Å². The van der Waals surface area contributed by atoms with Gasteiger partial charge in [-0.1, -0.05) is 13.8 Å². The summed E-state index contributed by atoms with van der Waals surface area (Å²) in [5.41, 5.74) is 0.379. The largest absolute Gasteiger partial charge is 0.352 e. The topological polar surface area (TPSA) is 52.8 Å². The lowest BCUT2D eigenvalue weighted by Crippen LogP contribution is -2.34. The van der Waals surface area contributed by atoms with Crippen molar-refractivity contribution in [1.29, 1.82) is 5.26 Å². The highest BCUT2D eigenvalue weighted by atomic mass is 15.2. The van der Waals surface area contributed by atoms with Gasteiger partial charge in [-0.2, -0.15) is 5.26 Å². The first-order valence-corrected chi connectivity index (χ1v) is 5.71. The van der Waals surface area contributed by atoms with E-state index in [2.05, 4.69) is 28.7 Å². The van der Waals surface area contributed by atoms with Crippen LogP contribution in [-0.2, 0) is 0 Å². The van der Waals surface area contributed by atoms with Crippen LogP contribution in [0.3, 0.4) is 0 Å². The molecule has 4 nitrogen and oxygen atoms in total. The monoisotopic (exact) mass is 216 g/mol. The Hall–Kier alpha value is -1.63. The molecule has 0 bridgehead atoms. The molecule has 84 valence electrons. The van der Waals surface area contributed by atoms with E-state index in [0.717, 1.165) is 12.4 Å². The van der Waals surface area contributed by atoms with Crippen molar-refractivity contribution in [2.75, 3.05) is 11.4 Å². The second-order valence-electron chi connectivity index (χ2n) is 4.52. The van der Waals surface area contributed by atoms with Gasteiger partial charge in [0, 0.05) is 12.6 Å². The molecule has 1 fully saturated rings. The summed E-state index contributed by atoms with van der Waals surface area (Å²) in [4.78, 5) is 10.7. The minimum absolute atomic E-state index is 0.379. The third-order valence-electron chi connectivity index (χ3n) is 3.12. The standard InChI is InChI=1S/C12H16N4/c1-9(2)11-4-3-5-16(11)12-8-14-10(6-13)7-15-12/h7-9,11H,3-5H2,1-2H3. The fourth-order valence-electron chi connectivity index (χ4n) is 2.30. The van der Waals surface area contributed by atoms with E-state index in [0.29, 0.717) is 17.7 Å². The van der Waals surface area contributed by atoms with Crippen LogP contribution in [0.15, 0.2) is 12.4 Å². The molecule has 1 aromatic rings. The minimum atomic E-state index is 0.379. The molecule has 0 amide bonds. The summed E-state index contributed by atoms with van der Waals surface area (Å²) in [6.07, 6.45) is 5.69. The van der Waals surface area contributed by atoms with Gasteiger partial charge >= 0.3 is 0 Å². The first-order chi connectivity index (χ1) is 7.72. The number of hydrogen-bond acceptors (Lipinski definition) is 4. The number of hydrogen-bond donors (Lipinski definition) is 0. The van der Waals surface area contributed by atoms with E-state index in [-0.39, 0.29) is 0 Å².